The Balaban J connectivity index is 1.30. The summed E-state index contributed by atoms with van der Waals surface area (Å²) in [4.78, 5) is 21.2. The lowest BCUT2D eigenvalue weighted by Crippen LogP contribution is -2.14. The van der Waals surface area contributed by atoms with Gasteiger partial charge >= 0.3 is 5.97 Å². The van der Waals surface area contributed by atoms with E-state index in [1.165, 1.54) is 0 Å². The maximum absolute atomic E-state index is 11.7. The lowest BCUT2D eigenvalue weighted by atomic mass is 10.1. The van der Waals surface area contributed by atoms with Crippen LogP contribution in [0.4, 0.5) is 5.69 Å². The first-order valence-corrected chi connectivity index (χ1v) is 12.1. The normalized spacial score (nSPS) is 13.7. The summed E-state index contributed by atoms with van der Waals surface area (Å²) in [5.41, 5.74) is 5.34. The van der Waals surface area contributed by atoms with E-state index in [4.69, 9.17) is 19.4 Å². The molecule has 1 atom stereocenters. The lowest BCUT2D eigenvalue weighted by molar-refractivity contribution is -0.143. The molecule has 0 fully saturated rings. The van der Waals surface area contributed by atoms with Crippen LogP contribution in [0.1, 0.15) is 49.0 Å². The number of hydrogen-bond acceptors (Lipinski definition) is 7. The molecule has 0 aliphatic carbocycles. The number of carbonyl (C=O) groups is 1. The first-order chi connectivity index (χ1) is 15.6. The number of anilines is 1. The van der Waals surface area contributed by atoms with Crippen molar-refractivity contribution in [3.05, 3.63) is 58.2 Å². The van der Waals surface area contributed by atoms with Gasteiger partial charge in [0.1, 0.15) is 5.75 Å². The molecule has 6 nitrogen and oxygen atoms in total. The summed E-state index contributed by atoms with van der Waals surface area (Å²) >= 11 is 1.58. The van der Waals surface area contributed by atoms with Gasteiger partial charge < -0.3 is 14.8 Å². The van der Waals surface area contributed by atoms with Crippen molar-refractivity contribution in [2.45, 2.75) is 45.4 Å². The van der Waals surface area contributed by atoms with Crippen LogP contribution in [0.2, 0.25) is 0 Å². The standard InChI is InChI=1S/C25H29N3O3S/c1-3-30-24(29)15-17(2)25-28-23(16-32-25)18-6-9-20(10-7-18)31-14-12-19-8-11-21-22(27-19)5-4-13-26-21/h6-11,16-17,26H,3-5,12-15H2,1-2H3. The van der Waals surface area contributed by atoms with E-state index in [-0.39, 0.29) is 11.9 Å². The van der Waals surface area contributed by atoms with E-state index in [1.54, 1.807) is 11.3 Å². The molecule has 1 aromatic carbocycles. The molecule has 2 aromatic heterocycles. The van der Waals surface area contributed by atoms with E-state index in [2.05, 4.69) is 17.4 Å². The molecular formula is C25H29N3O3S. The Bertz CT molecular complexity index is 1050. The number of benzene rings is 1. The number of thiazole rings is 1. The fourth-order valence-corrected chi connectivity index (χ4v) is 4.60. The molecule has 7 heteroatoms. The number of ether oxygens (including phenoxy) is 2. The highest BCUT2D eigenvalue weighted by Gasteiger charge is 2.16. The van der Waals surface area contributed by atoms with Crippen molar-refractivity contribution in [2.24, 2.45) is 0 Å². The molecule has 0 saturated carbocycles. The van der Waals surface area contributed by atoms with Gasteiger partial charge in [0.2, 0.25) is 0 Å². The first-order valence-electron chi connectivity index (χ1n) is 11.2. The van der Waals surface area contributed by atoms with Crippen molar-refractivity contribution >= 4 is 23.0 Å². The molecule has 168 valence electrons. The van der Waals surface area contributed by atoms with Crippen molar-refractivity contribution < 1.29 is 14.3 Å². The van der Waals surface area contributed by atoms with Crippen LogP contribution in [-0.2, 0) is 22.4 Å². The van der Waals surface area contributed by atoms with Gasteiger partial charge in [-0.15, -0.1) is 11.3 Å². The van der Waals surface area contributed by atoms with Crippen LogP contribution in [0, 0.1) is 0 Å². The summed E-state index contributed by atoms with van der Waals surface area (Å²) in [5, 5.41) is 6.37. The Kier molecular flexibility index (Phi) is 7.37. The fourth-order valence-electron chi connectivity index (χ4n) is 3.72. The van der Waals surface area contributed by atoms with Crippen molar-refractivity contribution in [1.29, 1.82) is 0 Å². The van der Waals surface area contributed by atoms with Crippen molar-refractivity contribution in [2.75, 3.05) is 25.1 Å². The molecule has 1 unspecified atom stereocenters. The van der Waals surface area contributed by atoms with E-state index >= 15 is 0 Å². The Morgan fingerprint density at radius 2 is 2.03 bits per heavy atom. The van der Waals surface area contributed by atoms with Crippen LogP contribution in [-0.4, -0.2) is 35.7 Å². The fraction of sp³-hybridized carbons (Fsp3) is 0.400. The second-order valence-corrected chi connectivity index (χ2v) is 8.82. The van der Waals surface area contributed by atoms with Gasteiger partial charge in [0.15, 0.2) is 0 Å². The number of esters is 1. The number of carbonyl (C=O) groups excluding carboxylic acids is 1. The van der Waals surface area contributed by atoms with E-state index in [1.807, 2.05) is 43.5 Å². The third kappa shape index (κ3) is 5.65. The van der Waals surface area contributed by atoms with Gasteiger partial charge in [-0.05, 0) is 56.2 Å². The van der Waals surface area contributed by atoms with Crippen molar-refractivity contribution in [1.82, 2.24) is 9.97 Å². The Morgan fingerprint density at radius 1 is 1.19 bits per heavy atom. The second kappa shape index (κ2) is 10.6. The van der Waals surface area contributed by atoms with Crippen LogP contribution < -0.4 is 10.1 Å². The number of nitrogens with zero attached hydrogens (tertiary/aromatic N) is 2. The summed E-state index contributed by atoms with van der Waals surface area (Å²) in [5.74, 6) is 0.698. The molecule has 4 rings (SSSR count). The van der Waals surface area contributed by atoms with E-state index < -0.39 is 0 Å². The molecule has 0 radical (unpaired) electrons. The maximum atomic E-state index is 11.7. The lowest BCUT2D eigenvalue weighted by Gasteiger charge is -2.17. The summed E-state index contributed by atoms with van der Waals surface area (Å²) in [6.45, 7) is 5.85. The molecular weight excluding hydrogens is 422 g/mol. The van der Waals surface area contributed by atoms with Crippen LogP contribution in [0.25, 0.3) is 11.3 Å². The highest BCUT2D eigenvalue weighted by atomic mass is 32.1. The predicted octanol–water partition coefficient (Wildman–Crippen LogP) is 5.24. The van der Waals surface area contributed by atoms with E-state index in [0.717, 1.165) is 64.9 Å². The quantitative estimate of drug-likeness (QED) is 0.449. The molecule has 0 amide bonds. The number of pyridine rings is 1. The molecule has 1 aliphatic heterocycles. The topological polar surface area (TPSA) is 73.3 Å². The average molecular weight is 452 g/mol. The Labute approximate surface area is 193 Å². The van der Waals surface area contributed by atoms with Crippen molar-refractivity contribution in [3.8, 4) is 17.0 Å². The monoisotopic (exact) mass is 451 g/mol. The zero-order valence-corrected chi connectivity index (χ0v) is 19.4. The minimum atomic E-state index is -0.180. The third-order valence-corrected chi connectivity index (χ3v) is 6.51. The number of rotatable bonds is 9. The van der Waals surface area contributed by atoms with Crippen LogP contribution in [0.5, 0.6) is 5.75 Å². The highest BCUT2D eigenvalue weighted by molar-refractivity contribution is 7.10. The van der Waals surface area contributed by atoms with Gasteiger partial charge in [-0.1, -0.05) is 6.92 Å². The minimum Gasteiger partial charge on any atom is -0.493 e. The summed E-state index contributed by atoms with van der Waals surface area (Å²) < 4.78 is 11.0. The van der Waals surface area contributed by atoms with Gasteiger partial charge in [-0.2, -0.15) is 0 Å². The minimum absolute atomic E-state index is 0.0448. The second-order valence-electron chi connectivity index (χ2n) is 7.93. The highest BCUT2D eigenvalue weighted by Crippen LogP contribution is 2.29. The molecule has 1 aliphatic rings. The SMILES string of the molecule is CCOC(=O)CC(C)c1nc(-c2ccc(OCCc3ccc4c(n3)CCCN4)cc2)cs1. The molecule has 0 bridgehead atoms. The molecule has 3 aromatic rings. The maximum Gasteiger partial charge on any atom is 0.306 e. The van der Waals surface area contributed by atoms with Gasteiger partial charge in [0, 0.05) is 35.5 Å². The Hall–Kier alpha value is -2.93. The third-order valence-electron chi connectivity index (χ3n) is 5.44. The summed E-state index contributed by atoms with van der Waals surface area (Å²) in [7, 11) is 0. The first kappa shape index (κ1) is 22.3. The molecule has 32 heavy (non-hydrogen) atoms. The largest absolute Gasteiger partial charge is 0.493 e. The van der Waals surface area contributed by atoms with Crippen LogP contribution >= 0.6 is 11.3 Å². The summed E-state index contributed by atoms with van der Waals surface area (Å²) in [6.07, 6.45) is 3.31. The number of nitrogens with one attached hydrogen (secondary N) is 1. The summed E-state index contributed by atoms with van der Waals surface area (Å²) in [6, 6.07) is 12.2. The van der Waals surface area contributed by atoms with Crippen LogP contribution in [0.3, 0.4) is 0 Å². The zero-order chi connectivity index (χ0) is 22.3. The average Bonchev–Trinajstić information content (AvgIpc) is 3.30. The number of aryl methyl sites for hydroxylation is 1. The molecule has 0 spiro atoms. The van der Waals surface area contributed by atoms with Crippen LogP contribution in [0.15, 0.2) is 41.8 Å². The zero-order valence-electron chi connectivity index (χ0n) is 18.6. The smallest absolute Gasteiger partial charge is 0.306 e. The number of hydrogen-bond donors (Lipinski definition) is 1. The van der Waals surface area contributed by atoms with Gasteiger partial charge in [-0.3, -0.25) is 9.78 Å². The number of aromatic nitrogens is 2. The van der Waals surface area contributed by atoms with Gasteiger partial charge in [0.05, 0.1) is 41.7 Å². The van der Waals surface area contributed by atoms with Gasteiger partial charge in [-0.25, -0.2) is 4.98 Å². The molecule has 0 saturated heterocycles. The van der Waals surface area contributed by atoms with E-state index in [0.29, 0.717) is 19.6 Å². The van der Waals surface area contributed by atoms with E-state index in [9.17, 15) is 4.79 Å². The number of fused-ring (bicyclic) bond motifs is 1. The Morgan fingerprint density at radius 3 is 2.84 bits per heavy atom. The molecule has 1 N–H and O–H groups in total. The van der Waals surface area contributed by atoms with Gasteiger partial charge in [0.25, 0.3) is 0 Å². The predicted molar refractivity (Wildman–Crippen MR) is 127 cm³/mol. The van der Waals surface area contributed by atoms with Crippen molar-refractivity contribution in [3.63, 3.8) is 0 Å². The molecule has 3 heterocycles.